The summed E-state index contributed by atoms with van der Waals surface area (Å²) in [5.74, 6) is -2.23. The zero-order valence-electron chi connectivity index (χ0n) is 18.3. The lowest BCUT2D eigenvalue weighted by Gasteiger charge is -2.25. The van der Waals surface area contributed by atoms with Gasteiger partial charge in [-0.25, -0.2) is 4.79 Å². The molecule has 3 amide bonds. The van der Waals surface area contributed by atoms with E-state index in [0.717, 1.165) is 28.1 Å². The van der Waals surface area contributed by atoms with E-state index in [9.17, 15) is 19.2 Å². The molecular weight excluding hydrogens is 432 g/mol. The molecular formula is C27H22N2O5. The van der Waals surface area contributed by atoms with E-state index in [1.165, 1.54) is 0 Å². The largest absolute Gasteiger partial charge is 0.454 e. The normalized spacial score (nSPS) is 15.2. The molecule has 2 aliphatic heterocycles. The van der Waals surface area contributed by atoms with Crippen molar-refractivity contribution in [2.45, 2.75) is 18.9 Å². The Labute approximate surface area is 196 Å². The molecule has 0 aliphatic carbocycles. The number of fused-ring (bicyclic) bond motifs is 2. The van der Waals surface area contributed by atoms with Gasteiger partial charge in [0.05, 0.1) is 11.1 Å². The molecule has 0 fully saturated rings. The molecule has 1 atom stereocenters. The van der Waals surface area contributed by atoms with Crippen molar-refractivity contribution in [2.24, 2.45) is 0 Å². The highest BCUT2D eigenvalue weighted by Crippen LogP contribution is 2.28. The van der Waals surface area contributed by atoms with E-state index in [2.05, 4.69) is 0 Å². The van der Waals surface area contributed by atoms with Gasteiger partial charge in [-0.1, -0.05) is 60.7 Å². The molecule has 170 valence electrons. The van der Waals surface area contributed by atoms with Gasteiger partial charge in [-0.3, -0.25) is 19.3 Å². The highest BCUT2D eigenvalue weighted by molar-refractivity contribution is 6.22. The fourth-order valence-corrected chi connectivity index (χ4v) is 4.51. The third-order valence-electron chi connectivity index (χ3n) is 6.21. The molecule has 2 aliphatic rings. The lowest BCUT2D eigenvalue weighted by atomic mass is 10.0. The van der Waals surface area contributed by atoms with Crippen LogP contribution in [0.25, 0.3) is 0 Å². The number of carbonyl (C=O) groups excluding carboxylic acids is 4. The third-order valence-corrected chi connectivity index (χ3v) is 6.21. The van der Waals surface area contributed by atoms with Crippen molar-refractivity contribution in [1.29, 1.82) is 0 Å². The highest BCUT2D eigenvalue weighted by Gasteiger charge is 2.43. The molecule has 0 saturated heterocycles. The van der Waals surface area contributed by atoms with E-state index in [1.54, 1.807) is 29.2 Å². The number of hydrogen-bond donors (Lipinski definition) is 0. The summed E-state index contributed by atoms with van der Waals surface area (Å²) in [5, 5.41) is 0. The van der Waals surface area contributed by atoms with Crippen LogP contribution < -0.4 is 4.90 Å². The summed E-state index contributed by atoms with van der Waals surface area (Å²) in [6.45, 7) is 0.0448. The number of carbonyl (C=O) groups is 4. The molecule has 0 aromatic heterocycles. The van der Waals surface area contributed by atoms with Gasteiger partial charge in [-0.05, 0) is 35.7 Å². The van der Waals surface area contributed by atoms with E-state index >= 15 is 0 Å². The van der Waals surface area contributed by atoms with Gasteiger partial charge >= 0.3 is 5.97 Å². The molecule has 7 nitrogen and oxygen atoms in total. The van der Waals surface area contributed by atoms with Crippen LogP contribution in [0.15, 0.2) is 78.9 Å². The molecule has 3 aromatic carbocycles. The molecule has 2 heterocycles. The van der Waals surface area contributed by atoms with Gasteiger partial charge in [0, 0.05) is 18.7 Å². The van der Waals surface area contributed by atoms with Crippen LogP contribution in [0.1, 0.15) is 31.8 Å². The minimum atomic E-state index is -1.19. The first kappa shape index (κ1) is 21.6. The van der Waals surface area contributed by atoms with Crippen molar-refractivity contribution in [2.75, 3.05) is 18.1 Å². The van der Waals surface area contributed by atoms with Gasteiger partial charge in [0.25, 0.3) is 17.7 Å². The van der Waals surface area contributed by atoms with Crippen LogP contribution >= 0.6 is 0 Å². The van der Waals surface area contributed by atoms with Crippen LogP contribution in [0.5, 0.6) is 0 Å². The van der Waals surface area contributed by atoms with Crippen molar-refractivity contribution in [1.82, 2.24) is 4.90 Å². The molecule has 5 rings (SSSR count). The summed E-state index contributed by atoms with van der Waals surface area (Å²) < 4.78 is 5.40. The molecule has 1 unspecified atom stereocenters. The number of rotatable bonds is 6. The van der Waals surface area contributed by atoms with Gasteiger partial charge < -0.3 is 9.64 Å². The maximum atomic E-state index is 13.2. The summed E-state index contributed by atoms with van der Waals surface area (Å²) in [7, 11) is 0. The zero-order chi connectivity index (χ0) is 23.7. The van der Waals surface area contributed by atoms with E-state index in [-0.39, 0.29) is 23.5 Å². The Morgan fingerprint density at radius 1 is 0.824 bits per heavy atom. The minimum Gasteiger partial charge on any atom is -0.454 e. The van der Waals surface area contributed by atoms with E-state index in [0.29, 0.717) is 6.54 Å². The molecule has 0 bridgehead atoms. The SMILES string of the molecule is O=C(OCC(=O)N1CCc2ccccc21)C(Cc1ccccc1)N1C(=O)c2ccccc2C1=O. The summed E-state index contributed by atoms with van der Waals surface area (Å²) in [6, 6.07) is 22.0. The second kappa shape index (κ2) is 8.94. The average molecular weight is 454 g/mol. The van der Waals surface area contributed by atoms with Crippen molar-refractivity contribution in [3.63, 3.8) is 0 Å². The fraction of sp³-hybridized carbons (Fsp3) is 0.185. The Hall–Kier alpha value is -4.26. The topological polar surface area (TPSA) is 84.0 Å². The second-order valence-corrected chi connectivity index (χ2v) is 8.26. The first-order valence-electron chi connectivity index (χ1n) is 11.1. The number of ether oxygens (including phenoxy) is 1. The first-order chi connectivity index (χ1) is 16.5. The lowest BCUT2D eigenvalue weighted by molar-refractivity contribution is -0.151. The highest BCUT2D eigenvalue weighted by atomic mass is 16.5. The molecule has 0 radical (unpaired) electrons. The molecule has 3 aromatic rings. The summed E-state index contributed by atoms with van der Waals surface area (Å²) in [5.41, 5.74) is 3.15. The molecule has 34 heavy (non-hydrogen) atoms. The van der Waals surface area contributed by atoms with E-state index < -0.39 is 30.4 Å². The molecule has 7 heteroatoms. The Bertz CT molecular complexity index is 1250. The summed E-state index contributed by atoms with van der Waals surface area (Å²) >= 11 is 0. The first-order valence-corrected chi connectivity index (χ1v) is 11.1. The molecule has 0 spiro atoms. The van der Waals surface area contributed by atoms with E-state index in [1.807, 2.05) is 54.6 Å². The smallest absolute Gasteiger partial charge is 0.330 e. The van der Waals surface area contributed by atoms with Crippen molar-refractivity contribution in [3.8, 4) is 0 Å². The maximum Gasteiger partial charge on any atom is 0.330 e. The number of para-hydroxylation sites is 1. The number of anilines is 1. The van der Waals surface area contributed by atoms with Gasteiger partial charge in [-0.15, -0.1) is 0 Å². The van der Waals surface area contributed by atoms with Crippen LogP contribution in [0, 0.1) is 0 Å². The van der Waals surface area contributed by atoms with Crippen LogP contribution in [0.3, 0.4) is 0 Å². The lowest BCUT2D eigenvalue weighted by Crippen LogP contribution is -2.47. The number of amides is 3. The number of esters is 1. The Balaban J connectivity index is 1.36. The van der Waals surface area contributed by atoms with Gasteiger partial charge in [0.1, 0.15) is 6.04 Å². The summed E-state index contributed by atoms with van der Waals surface area (Å²) in [6.07, 6.45) is 0.827. The Morgan fingerprint density at radius 3 is 2.15 bits per heavy atom. The van der Waals surface area contributed by atoms with Crippen LogP contribution in [0.2, 0.25) is 0 Å². The Kier molecular flexibility index (Phi) is 5.67. The molecule has 0 saturated carbocycles. The number of hydrogen-bond acceptors (Lipinski definition) is 5. The van der Waals surface area contributed by atoms with Crippen LogP contribution in [-0.4, -0.2) is 47.8 Å². The van der Waals surface area contributed by atoms with Gasteiger partial charge in [-0.2, -0.15) is 0 Å². The number of nitrogens with zero attached hydrogens (tertiary/aromatic N) is 2. The van der Waals surface area contributed by atoms with Crippen molar-refractivity contribution < 1.29 is 23.9 Å². The summed E-state index contributed by atoms with van der Waals surface area (Å²) in [4.78, 5) is 54.7. The second-order valence-electron chi connectivity index (χ2n) is 8.26. The standard InChI is InChI=1S/C27H22N2O5/c30-24(28-15-14-19-10-4-7-13-22(19)28)17-34-27(33)23(16-18-8-2-1-3-9-18)29-25(31)20-11-5-6-12-21(20)26(29)32/h1-13,23H,14-17H2. The Morgan fingerprint density at radius 2 is 1.44 bits per heavy atom. The number of imide groups is 1. The third kappa shape index (κ3) is 3.85. The number of benzene rings is 3. The molecule has 0 N–H and O–H groups in total. The minimum absolute atomic E-state index is 0.0892. The quantitative estimate of drug-likeness (QED) is 0.422. The van der Waals surface area contributed by atoms with Crippen molar-refractivity contribution in [3.05, 3.63) is 101 Å². The maximum absolute atomic E-state index is 13.2. The van der Waals surface area contributed by atoms with Crippen LogP contribution in [-0.2, 0) is 27.2 Å². The van der Waals surface area contributed by atoms with Crippen LogP contribution in [0.4, 0.5) is 5.69 Å². The van der Waals surface area contributed by atoms with Gasteiger partial charge in [0.2, 0.25) is 0 Å². The van der Waals surface area contributed by atoms with Gasteiger partial charge in [0.15, 0.2) is 6.61 Å². The van der Waals surface area contributed by atoms with Crippen molar-refractivity contribution >= 4 is 29.4 Å². The average Bonchev–Trinajstić information content (AvgIpc) is 3.41. The van der Waals surface area contributed by atoms with E-state index in [4.69, 9.17) is 4.74 Å². The monoisotopic (exact) mass is 454 g/mol. The predicted octanol–water partition coefficient (Wildman–Crippen LogP) is 3.03. The fourth-order valence-electron chi connectivity index (χ4n) is 4.51. The zero-order valence-corrected chi connectivity index (χ0v) is 18.3. The predicted molar refractivity (Wildman–Crippen MR) is 124 cm³/mol.